The second-order valence-corrected chi connectivity index (χ2v) is 7.31. The van der Waals surface area contributed by atoms with Gasteiger partial charge in [0.15, 0.2) is 12.4 Å². The highest BCUT2D eigenvalue weighted by atomic mass is 35.5. The molecule has 152 valence electrons. The van der Waals surface area contributed by atoms with Crippen LogP contribution >= 0.6 is 11.6 Å². The van der Waals surface area contributed by atoms with Crippen LogP contribution in [-0.2, 0) is 4.79 Å². The molecule has 0 aliphatic carbocycles. The van der Waals surface area contributed by atoms with Crippen LogP contribution in [0.4, 0.5) is 5.69 Å². The van der Waals surface area contributed by atoms with Gasteiger partial charge < -0.3 is 18.9 Å². The third kappa shape index (κ3) is 3.95. The van der Waals surface area contributed by atoms with Gasteiger partial charge in [-0.05, 0) is 67.4 Å². The molecule has 0 unspecified atom stereocenters. The maximum Gasteiger partial charge on any atom is 0.262 e. The van der Waals surface area contributed by atoms with Crippen LogP contribution in [0.1, 0.15) is 11.1 Å². The van der Waals surface area contributed by atoms with E-state index in [4.69, 9.17) is 25.2 Å². The second-order valence-electron chi connectivity index (χ2n) is 6.87. The van der Waals surface area contributed by atoms with Crippen LogP contribution in [0.3, 0.4) is 0 Å². The van der Waals surface area contributed by atoms with E-state index in [0.29, 0.717) is 27.4 Å². The standard InChI is InChI=1S/C23H18ClNO5/c1-13-10-14(2)21-17(11-13)20(27)23(22(30-21)18-4-3-9-28-18)29-12-19(26)25-16-7-5-15(24)6-8-16/h3-11H,12H2,1-2H3,(H,25,26). The maximum atomic E-state index is 13.2. The topological polar surface area (TPSA) is 81.7 Å². The zero-order chi connectivity index (χ0) is 21.3. The summed E-state index contributed by atoms with van der Waals surface area (Å²) in [7, 11) is 0. The smallest absolute Gasteiger partial charge is 0.262 e. The summed E-state index contributed by atoms with van der Waals surface area (Å²) in [5, 5.41) is 3.64. The van der Waals surface area contributed by atoms with Crippen LogP contribution in [0.25, 0.3) is 22.5 Å². The van der Waals surface area contributed by atoms with Crippen molar-refractivity contribution in [2.75, 3.05) is 11.9 Å². The highest BCUT2D eigenvalue weighted by Gasteiger charge is 2.21. The van der Waals surface area contributed by atoms with Crippen molar-refractivity contribution in [3.8, 4) is 17.3 Å². The lowest BCUT2D eigenvalue weighted by Crippen LogP contribution is -2.22. The quantitative estimate of drug-likeness (QED) is 0.468. The number of aryl methyl sites for hydroxylation is 2. The number of furan rings is 1. The molecule has 0 fully saturated rings. The molecule has 2 aromatic carbocycles. The van der Waals surface area contributed by atoms with E-state index in [1.54, 1.807) is 42.5 Å². The average Bonchev–Trinajstić information content (AvgIpc) is 3.24. The summed E-state index contributed by atoms with van der Waals surface area (Å²) >= 11 is 5.85. The second kappa shape index (κ2) is 8.08. The minimum atomic E-state index is -0.428. The lowest BCUT2D eigenvalue weighted by atomic mass is 10.1. The van der Waals surface area contributed by atoms with Crippen molar-refractivity contribution in [2.45, 2.75) is 13.8 Å². The number of ether oxygens (including phenoxy) is 1. The molecule has 6 nitrogen and oxygen atoms in total. The van der Waals surface area contributed by atoms with E-state index in [-0.39, 0.29) is 23.5 Å². The van der Waals surface area contributed by atoms with Gasteiger partial charge in [-0.15, -0.1) is 0 Å². The van der Waals surface area contributed by atoms with E-state index in [0.717, 1.165) is 11.1 Å². The predicted octanol–water partition coefficient (Wildman–Crippen LogP) is 5.34. The Morgan fingerprint density at radius 2 is 1.90 bits per heavy atom. The first-order chi connectivity index (χ1) is 14.4. The van der Waals surface area contributed by atoms with E-state index in [2.05, 4.69) is 5.32 Å². The van der Waals surface area contributed by atoms with Crippen LogP contribution in [0.5, 0.6) is 5.75 Å². The molecule has 2 heterocycles. The fourth-order valence-electron chi connectivity index (χ4n) is 3.20. The summed E-state index contributed by atoms with van der Waals surface area (Å²) in [4.78, 5) is 25.5. The first-order valence-electron chi connectivity index (χ1n) is 9.22. The van der Waals surface area contributed by atoms with E-state index in [1.165, 1.54) is 6.26 Å². The van der Waals surface area contributed by atoms with Crippen LogP contribution in [0.2, 0.25) is 5.02 Å². The summed E-state index contributed by atoms with van der Waals surface area (Å²) in [5.41, 5.74) is 2.39. The van der Waals surface area contributed by atoms with Gasteiger partial charge in [-0.25, -0.2) is 0 Å². The van der Waals surface area contributed by atoms with Crippen LogP contribution in [-0.4, -0.2) is 12.5 Å². The average molecular weight is 424 g/mol. The first-order valence-corrected chi connectivity index (χ1v) is 9.60. The van der Waals surface area contributed by atoms with E-state index >= 15 is 0 Å². The van der Waals surface area contributed by atoms with Gasteiger partial charge in [-0.2, -0.15) is 0 Å². The molecule has 0 saturated carbocycles. The van der Waals surface area contributed by atoms with Crippen molar-refractivity contribution in [2.24, 2.45) is 0 Å². The number of hydrogen-bond donors (Lipinski definition) is 1. The minimum Gasteiger partial charge on any atom is -0.476 e. The van der Waals surface area contributed by atoms with Crippen molar-refractivity contribution in [1.29, 1.82) is 0 Å². The number of fused-ring (bicyclic) bond motifs is 1. The maximum absolute atomic E-state index is 13.2. The molecule has 0 aliphatic rings. The summed E-state index contributed by atoms with van der Waals surface area (Å²) in [6.07, 6.45) is 1.47. The molecule has 4 aromatic rings. The summed E-state index contributed by atoms with van der Waals surface area (Å²) in [6.45, 7) is 3.38. The van der Waals surface area contributed by atoms with Crippen LogP contribution < -0.4 is 15.5 Å². The number of benzene rings is 2. The number of halogens is 1. The highest BCUT2D eigenvalue weighted by Crippen LogP contribution is 2.32. The molecule has 0 atom stereocenters. The predicted molar refractivity (Wildman–Crippen MR) is 115 cm³/mol. The molecule has 0 bridgehead atoms. The highest BCUT2D eigenvalue weighted by molar-refractivity contribution is 6.30. The van der Waals surface area contributed by atoms with Crippen molar-refractivity contribution < 1.29 is 18.4 Å². The van der Waals surface area contributed by atoms with E-state index in [1.807, 2.05) is 19.9 Å². The third-order valence-electron chi connectivity index (χ3n) is 4.50. The van der Waals surface area contributed by atoms with Crippen molar-refractivity contribution in [1.82, 2.24) is 0 Å². The van der Waals surface area contributed by atoms with Crippen molar-refractivity contribution in [3.05, 3.63) is 81.2 Å². The number of anilines is 1. The van der Waals surface area contributed by atoms with Gasteiger partial charge in [0.1, 0.15) is 5.58 Å². The number of carbonyl (C=O) groups excluding carboxylic acids is 1. The number of amides is 1. The van der Waals surface area contributed by atoms with Gasteiger partial charge in [0.2, 0.25) is 16.9 Å². The van der Waals surface area contributed by atoms with Crippen LogP contribution in [0, 0.1) is 13.8 Å². The molecule has 0 aliphatic heterocycles. The van der Waals surface area contributed by atoms with Crippen molar-refractivity contribution >= 4 is 34.2 Å². The Balaban J connectivity index is 1.69. The van der Waals surface area contributed by atoms with Gasteiger partial charge in [-0.3, -0.25) is 9.59 Å². The Kier molecular flexibility index (Phi) is 5.33. The van der Waals surface area contributed by atoms with Crippen LogP contribution in [0.15, 0.2) is 68.4 Å². The Bertz CT molecular complexity index is 1270. The monoisotopic (exact) mass is 423 g/mol. The Morgan fingerprint density at radius 1 is 1.13 bits per heavy atom. The van der Waals surface area contributed by atoms with Gasteiger partial charge in [0.05, 0.1) is 11.6 Å². The van der Waals surface area contributed by atoms with Gasteiger partial charge in [-0.1, -0.05) is 17.7 Å². The Morgan fingerprint density at radius 3 is 2.60 bits per heavy atom. The van der Waals surface area contributed by atoms with Gasteiger partial charge in [0.25, 0.3) is 5.91 Å². The molecular weight excluding hydrogens is 406 g/mol. The number of hydrogen-bond acceptors (Lipinski definition) is 5. The lowest BCUT2D eigenvalue weighted by molar-refractivity contribution is -0.118. The Hall–Kier alpha value is -3.51. The molecule has 1 amide bonds. The summed E-state index contributed by atoms with van der Waals surface area (Å²) in [6, 6.07) is 13.7. The number of carbonyl (C=O) groups is 1. The SMILES string of the molecule is Cc1cc(C)c2oc(-c3ccco3)c(OCC(=O)Nc3ccc(Cl)cc3)c(=O)c2c1. The molecule has 1 N–H and O–H groups in total. The number of nitrogens with one attached hydrogen (secondary N) is 1. The molecule has 4 rings (SSSR count). The lowest BCUT2D eigenvalue weighted by Gasteiger charge is -2.12. The molecule has 30 heavy (non-hydrogen) atoms. The minimum absolute atomic E-state index is 0.0753. The molecule has 0 saturated heterocycles. The Labute approximate surface area is 177 Å². The first kappa shape index (κ1) is 19.8. The molecule has 0 radical (unpaired) electrons. The number of rotatable bonds is 5. The molecule has 7 heteroatoms. The molecule has 0 spiro atoms. The van der Waals surface area contributed by atoms with Gasteiger partial charge >= 0.3 is 0 Å². The molecular formula is C23H18ClNO5. The van der Waals surface area contributed by atoms with Crippen molar-refractivity contribution in [3.63, 3.8) is 0 Å². The van der Waals surface area contributed by atoms with Gasteiger partial charge in [0, 0.05) is 10.7 Å². The normalized spacial score (nSPS) is 10.9. The molecule has 2 aromatic heterocycles. The van der Waals surface area contributed by atoms with E-state index in [9.17, 15) is 9.59 Å². The summed E-state index contributed by atoms with van der Waals surface area (Å²) in [5.74, 6) is -0.0258. The fraction of sp³-hybridized carbons (Fsp3) is 0.130. The third-order valence-corrected chi connectivity index (χ3v) is 4.75. The zero-order valence-corrected chi connectivity index (χ0v) is 17.1. The fourth-order valence-corrected chi connectivity index (χ4v) is 3.33. The zero-order valence-electron chi connectivity index (χ0n) is 16.3. The van der Waals surface area contributed by atoms with E-state index < -0.39 is 5.91 Å². The largest absolute Gasteiger partial charge is 0.476 e. The summed E-state index contributed by atoms with van der Waals surface area (Å²) < 4.78 is 17.1.